The van der Waals surface area contributed by atoms with E-state index in [4.69, 9.17) is 16.3 Å². The SMILES string of the molecule is COc1cc(C[NH+](C)CC(=O)Nc2cccc(Cl)c2C)ccc1OC(F)F. The van der Waals surface area contributed by atoms with E-state index in [2.05, 4.69) is 10.1 Å². The van der Waals surface area contributed by atoms with Gasteiger partial charge in [-0.15, -0.1) is 0 Å². The molecule has 27 heavy (non-hydrogen) atoms. The van der Waals surface area contributed by atoms with Crippen molar-refractivity contribution in [2.24, 2.45) is 0 Å². The van der Waals surface area contributed by atoms with Crippen LogP contribution in [0.25, 0.3) is 0 Å². The lowest BCUT2D eigenvalue weighted by atomic mass is 10.2. The zero-order valence-corrected chi connectivity index (χ0v) is 16.1. The maximum absolute atomic E-state index is 12.4. The van der Waals surface area contributed by atoms with Gasteiger partial charge in [0.1, 0.15) is 6.54 Å². The van der Waals surface area contributed by atoms with Gasteiger partial charge < -0.3 is 19.7 Å². The molecule has 5 nitrogen and oxygen atoms in total. The molecule has 1 atom stereocenters. The van der Waals surface area contributed by atoms with Gasteiger partial charge in [-0.2, -0.15) is 8.78 Å². The fraction of sp³-hybridized carbons (Fsp3) is 0.316. The van der Waals surface area contributed by atoms with E-state index < -0.39 is 6.61 Å². The van der Waals surface area contributed by atoms with Gasteiger partial charge in [-0.25, -0.2) is 0 Å². The standard InChI is InChI=1S/C19H21ClF2N2O3/c1-12-14(20)5-4-6-15(12)23-18(25)11-24(2)10-13-7-8-16(27-19(21)22)17(9-13)26-3/h4-9,19H,10-11H2,1-3H3,(H,23,25)/p+1. The summed E-state index contributed by atoms with van der Waals surface area (Å²) in [4.78, 5) is 13.2. The minimum Gasteiger partial charge on any atom is -0.493 e. The van der Waals surface area contributed by atoms with E-state index in [9.17, 15) is 13.6 Å². The Morgan fingerprint density at radius 1 is 1.26 bits per heavy atom. The number of carbonyl (C=O) groups excluding carboxylic acids is 1. The number of anilines is 1. The molecule has 0 saturated carbocycles. The number of nitrogens with one attached hydrogen (secondary N) is 2. The number of hydrogen-bond donors (Lipinski definition) is 2. The third kappa shape index (κ3) is 6.08. The highest BCUT2D eigenvalue weighted by Gasteiger charge is 2.15. The summed E-state index contributed by atoms with van der Waals surface area (Å²) in [5.74, 6) is 0.0465. The van der Waals surface area contributed by atoms with Gasteiger partial charge >= 0.3 is 6.61 Å². The van der Waals surface area contributed by atoms with Crippen LogP contribution in [0.15, 0.2) is 36.4 Å². The third-order valence-corrected chi connectivity index (χ3v) is 4.36. The van der Waals surface area contributed by atoms with Crippen LogP contribution in [-0.4, -0.2) is 33.2 Å². The molecule has 0 aliphatic rings. The number of ether oxygens (including phenoxy) is 2. The summed E-state index contributed by atoms with van der Waals surface area (Å²) >= 11 is 6.06. The average molecular weight is 400 g/mol. The van der Waals surface area contributed by atoms with Crippen molar-refractivity contribution >= 4 is 23.2 Å². The van der Waals surface area contributed by atoms with E-state index in [-0.39, 0.29) is 24.0 Å². The molecular weight excluding hydrogens is 378 g/mol. The van der Waals surface area contributed by atoms with E-state index in [1.807, 2.05) is 14.0 Å². The van der Waals surface area contributed by atoms with Crippen molar-refractivity contribution in [3.63, 3.8) is 0 Å². The van der Waals surface area contributed by atoms with Crippen molar-refractivity contribution in [3.8, 4) is 11.5 Å². The Morgan fingerprint density at radius 2 is 2.00 bits per heavy atom. The second-order valence-corrected chi connectivity index (χ2v) is 6.54. The van der Waals surface area contributed by atoms with Gasteiger partial charge in [-0.1, -0.05) is 17.7 Å². The summed E-state index contributed by atoms with van der Waals surface area (Å²) in [6, 6.07) is 10.1. The fourth-order valence-electron chi connectivity index (χ4n) is 2.64. The van der Waals surface area contributed by atoms with Crippen LogP contribution in [0.5, 0.6) is 11.5 Å². The Morgan fingerprint density at radius 3 is 2.67 bits per heavy atom. The quantitative estimate of drug-likeness (QED) is 0.717. The van der Waals surface area contributed by atoms with E-state index in [1.54, 1.807) is 30.3 Å². The molecule has 2 N–H and O–H groups in total. The molecule has 0 saturated heterocycles. The number of methoxy groups -OCH3 is 1. The molecule has 8 heteroatoms. The molecule has 2 aromatic carbocycles. The summed E-state index contributed by atoms with van der Waals surface area (Å²) in [5.41, 5.74) is 2.32. The Bertz CT molecular complexity index is 803. The normalized spacial score (nSPS) is 12.0. The van der Waals surface area contributed by atoms with Gasteiger partial charge in [-0.3, -0.25) is 4.79 Å². The molecule has 0 spiro atoms. The third-order valence-electron chi connectivity index (χ3n) is 3.95. The van der Waals surface area contributed by atoms with Gasteiger partial charge in [0.05, 0.1) is 14.2 Å². The number of likely N-dealkylation sites (N-methyl/N-ethyl adjacent to an activating group) is 1. The lowest BCUT2D eigenvalue weighted by molar-refractivity contribution is -0.885. The summed E-state index contributed by atoms with van der Waals surface area (Å²) in [6.45, 7) is -0.350. The van der Waals surface area contributed by atoms with Crippen molar-refractivity contribution < 1.29 is 27.9 Å². The highest BCUT2D eigenvalue weighted by molar-refractivity contribution is 6.31. The van der Waals surface area contributed by atoms with Crippen molar-refractivity contribution in [1.29, 1.82) is 0 Å². The van der Waals surface area contributed by atoms with Crippen LogP contribution in [0.4, 0.5) is 14.5 Å². The zero-order chi connectivity index (χ0) is 20.0. The van der Waals surface area contributed by atoms with Gasteiger partial charge in [0.25, 0.3) is 5.91 Å². The number of rotatable bonds is 8. The van der Waals surface area contributed by atoms with Crippen LogP contribution in [0.2, 0.25) is 5.02 Å². The summed E-state index contributed by atoms with van der Waals surface area (Å²) in [6.07, 6.45) is 0. The Kier molecular flexibility index (Phi) is 7.38. The minimum absolute atomic E-state index is 0.0249. The molecule has 2 rings (SSSR count). The van der Waals surface area contributed by atoms with Crippen molar-refractivity contribution in [2.75, 3.05) is 26.0 Å². The maximum Gasteiger partial charge on any atom is 0.387 e. The first-order valence-corrected chi connectivity index (χ1v) is 8.66. The van der Waals surface area contributed by atoms with E-state index in [0.717, 1.165) is 16.0 Å². The van der Waals surface area contributed by atoms with E-state index >= 15 is 0 Å². The summed E-state index contributed by atoms with van der Waals surface area (Å²) in [5, 5.41) is 3.44. The van der Waals surface area contributed by atoms with Crippen LogP contribution in [0.1, 0.15) is 11.1 Å². The second kappa shape index (κ2) is 9.53. The van der Waals surface area contributed by atoms with Crippen molar-refractivity contribution in [1.82, 2.24) is 0 Å². The lowest BCUT2D eigenvalue weighted by Gasteiger charge is -2.16. The van der Waals surface area contributed by atoms with E-state index in [0.29, 0.717) is 17.3 Å². The monoisotopic (exact) mass is 399 g/mol. The molecule has 0 aliphatic carbocycles. The first kappa shape index (κ1) is 20.9. The summed E-state index contributed by atoms with van der Waals surface area (Å²) in [7, 11) is 3.25. The molecule has 1 amide bonds. The Hall–Kier alpha value is -2.38. The molecular formula is C19H22ClF2N2O3+. The number of quaternary nitrogens is 1. The smallest absolute Gasteiger partial charge is 0.387 e. The van der Waals surface area contributed by atoms with E-state index in [1.165, 1.54) is 13.2 Å². The van der Waals surface area contributed by atoms with Gasteiger partial charge in [-0.05, 0) is 42.8 Å². The van der Waals surface area contributed by atoms with Gasteiger partial charge in [0.2, 0.25) is 0 Å². The lowest BCUT2D eigenvalue weighted by Crippen LogP contribution is -3.08. The number of hydrogen-bond acceptors (Lipinski definition) is 3. The van der Waals surface area contributed by atoms with Gasteiger partial charge in [0, 0.05) is 16.3 Å². The highest BCUT2D eigenvalue weighted by atomic mass is 35.5. The molecule has 1 unspecified atom stereocenters. The summed E-state index contributed by atoms with van der Waals surface area (Å²) < 4.78 is 34.3. The zero-order valence-electron chi connectivity index (χ0n) is 15.3. The number of benzene rings is 2. The topological polar surface area (TPSA) is 52.0 Å². The number of halogens is 3. The number of carbonyl (C=O) groups is 1. The first-order valence-electron chi connectivity index (χ1n) is 8.28. The van der Waals surface area contributed by atoms with Crippen LogP contribution >= 0.6 is 11.6 Å². The molecule has 0 aromatic heterocycles. The minimum atomic E-state index is -2.92. The number of alkyl halides is 2. The van der Waals surface area contributed by atoms with Crippen LogP contribution in [0, 0.1) is 6.92 Å². The molecule has 0 radical (unpaired) electrons. The predicted octanol–water partition coefficient (Wildman–Crippen LogP) is 2.91. The van der Waals surface area contributed by atoms with Gasteiger partial charge in [0.15, 0.2) is 18.0 Å². The van der Waals surface area contributed by atoms with Crippen LogP contribution in [0.3, 0.4) is 0 Å². The van der Waals surface area contributed by atoms with Crippen molar-refractivity contribution in [2.45, 2.75) is 20.1 Å². The average Bonchev–Trinajstić information content (AvgIpc) is 2.59. The fourth-order valence-corrected chi connectivity index (χ4v) is 2.81. The molecule has 0 fully saturated rings. The first-order chi connectivity index (χ1) is 12.8. The molecule has 0 aliphatic heterocycles. The largest absolute Gasteiger partial charge is 0.493 e. The number of amides is 1. The van der Waals surface area contributed by atoms with Crippen molar-refractivity contribution in [3.05, 3.63) is 52.5 Å². The predicted molar refractivity (Wildman–Crippen MR) is 99.9 cm³/mol. The Labute approximate surface area is 161 Å². The Balaban J connectivity index is 1.97. The highest BCUT2D eigenvalue weighted by Crippen LogP contribution is 2.29. The molecule has 0 heterocycles. The molecule has 0 bridgehead atoms. The second-order valence-electron chi connectivity index (χ2n) is 6.13. The van der Waals surface area contributed by atoms with Crippen LogP contribution < -0.4 is 19.7 Å². The van der Waals surface area contributed by atoms with Crippen LogP contribution in [-0.2, 0) is 11.3 Å². The molecule has 2 aromatic rings. The maximum atomic E-state index is 12.4. The molecule has 146 valence electrons.